The molecule has 0 aromatic rings. The molecule has 0 aromatic carbocycles. The van der Waals surface area contributed by atoms with Crippen molar-refractivity contribution in [3.63, 3.8) is 0 Å². The standard InChI is InChI=1S/C9H17NO3/c1-3-6(2)10-5-7(11)4-8(10)9(12)13/h6-8,11H,3-5H2,1-2H3,(H,12,13). The van der Waals surface area contributed by atoms with Gasteiger partial charge in [0.1, 0.15) is 6.04 Å². The number of aliphatic carboxylic acids is 1. The summed E-state index contributed by atoms with van der Waals surface area (Å²) in [4.78, 5) is 12.7. The molecule has 1 rings (SSSR count). The van der Waals surface area contributed by atoms with Crippen molar-refractivity contribution in [1.82, 2.24) is 4.90 Å². The highest BCUT2D eigenvalue weighted by Crippen LogP contribution is 2.21. The summed E-state index contributed by atoms with van der Waals surface area (Å²) in [6.07, 6.45) is 0.797. The van der Waals surface area contributed by atoms with Crippen LogP contribution in [0.5, 0.6) is 0 Å². The Morgan fingerprint density at radius 2 is 2.31 bits per heavy atom. The van der Waals surface area contributed by atoms with E-state index in [-0.39, 0.29) is 6.04 Å². The molecule has 0 amide bonds. The maximum Gasteiger partial charge on any atom is 0.321 e. The number of aliphatic hydroxyl groups is 1. The lowest BCUT2D eigenvalue weighted by molar-refractivity contribution is -0.142. The monoisotopic (exact) mass is 187 g/mol. The van der Waals surface area contributed by atoms with Gasteiger partial charge < -0.3 is 10.2 Å². The summed E-state index contributed by atoms with van der Waals surface area (Å²) >= 11 is 0. The topological polar surface area (TPSA) is 60.8 Å². The number of hydrogen-bond acceptors (Lipinski definition) is 3. The average molecular weight is 187 g/mol. The smallest absolute Gasteiger partial charge is 0.321 e. The third-order valence-corrected chi connectivity index (χ3v) is 2.76. The predicted octanol–water partition coefficient (Wildman–Crippen LogP) is 0.305. The zero-order chi connectivity index (χ0) is 10.0. The second-order valence-electron chi connectivity index (χ2n) is 3.70. The summed E-state index contributed by atoms with van der Waals surface area (Å²) in [6, 6.07) is -0.261. The van der Waals surface area contributed by atoms with E-state index in [4.69, 9.17) is 5.11 Å². The number of nitrogens with zero attached hydrogens (tertiary/aromatic N) is 1. The van der Waals surface area contributed by atoms with Crippen molar-refractivity contribution in [1.29, 1.82) is 0 Å². The first-order valence-electron chi connectivity index (χ1n) is 4.72. The lowest BCUT2D eigenvalue weighted by Gasteiger charge is -2.26. The van der Waals surface area contributed by atoms with E-state index >= 15 is 0 Å². The molecule has 3 atom stereocenters. The Hall–Kier alpha value is -0.610. The SMILES string of the molecule is CCC(C)N1CC(O)CC1C(=O)O. The lowest BCUT2D eigenvalue weighted by atomic mass is 10.1. The third kappa shape index (κ3) is 2.19. The quantitative estimate of drug-likeness (QED) is 0.667. The van der Waals surface area contributed by atoms with Crippen LogP contribution < -0.4 is 0 Å². The molecule has 2 N–H and O–H groups in total. The number of β-amino-alcohol motifs (C(OH)–C–C–N with tert-alkyl or cyclic N) is 1. The Morgan fingerprint density at radius 3 is 2.77 bits per heavy atom. The summed E-state index contributed by atoms with van der Waals surface area (Å²) < 4.78 is 0. The van der Waals surface area contributed by atoms with Crippen LogP contribution in [-0.4, -0.2) is 45.8 Å². The van der Waals surface area contributed by atoms with E-state index in [0.717, 1.165) is 6.42 Å². The highest BCUT2D eigenvalue weighted by Gasteiger charge is 2.37. The fourth-order valence-corrected chi connectivity index (χ4v) is 1.80. The van der Waals surface area contributed by atoms with Crippen LogP contribution in [-0.2, 0) is 4.79 Å². The molecule has 3 unspecified atom stereocenters. The number of rotatable bonds is 3. The second kappa shape index (κ2) is 4.07. The van der Waals surface area contributed by atoms with Crippen LogP contribution in [0.25, 0.3) is 0 Å². The summed E-state index contributed by atoms with van der Waals surface area (Å²) in [7, 11) is 0. The number of likely N-dealkylation sites (tertiary alicyclic amines) is 1. The first-order valence-corrected chi connectivity index (χ1v) is 4.72. The molecule has 0 aromatic heterocycles. The van der Waals surface area contributed by atoms with Crippen molar-refractivity contribution >= 4 is 5.97 Å². The van der Waals surface area contributed by atoms with E-state index < -0.39 is 18.1 Å². The van der Waals surface area contributed by atoms with Crippen LogP contribution in [0.2, 0.25) is 0 Å². The van der Waals surface area contributed by atoms with Crippen LogP contribution >= 0.6 is 0 Å². The van der Waals surface area contributed by atoms with E-state index in [1.807, 2.05) is 18.7 Å². The van der Waals surface area contributed by atoms with Gasteiger partial charge in [0.2, 0.25) is 0 Å². The maximum atomic E-state index is 10.8. The van der Waals surface area contributed by atoms with Crippen LogP contribution in [0.3, 0.4) is 0 Å². The lowest BCUT2D eigenvalue weighted by Crippen LogP contribution is -2.41. The maximum absolute atomic E-state index is 10.8. The minimum atomic E-state index is -0.822. The zero-order valence-corrected chi connectivity index (χ0v) is 8.10. The molecule has 76 valence electrons. The van der Waals surface area contributed by atoms with Gasteiger partial charge in [0, 0.05) is 19.0 Å². The molecule has 1 aliphatic heterocycles. The number of hydrogen-bond donors (Lipinski definition) is 2. The van der Waals surface area contributed by atoms with Crippen molar-refractivity contribution < 1.29 is 15.0 Å². The molecule has 0 bridgehead atoms. The fourth-order valence-electron chi connectivity index (χ4n) is 1.80. The van der Waals surface area contributed by atoms with Gasteiger partial charge in [-0.15, -0.1) is 0 Å². The molecule has 13 heavy (non-hydrogen) atoms. The van der Waals surface area contributed by atoms with Crippen molar-refractivity contribution in [2.75, 3.05) is 6.54 Å². The normalized spacial score (nSPS) is 31.9. The average Bonchev–Trinajstić information content (AvgIpc) is 2.46. The first kappa shape index (κ1) is 10.5. The fraction of sp³-hybridized carbons (Fsp3) is 0.889. The summed E-state index contributed by atoms with van der Waals surface area (Å²) in [5, 5.41) is 18.3. The number of carboxylic acid groups (broad SMARTS) is 1. The van der Waals surface area contributed by atoms with Gasteiger partial charge >= 0.3 is 5.97 Å². The van der Waals surface area contributed by atoms with Gasteiger partial charge in [-0.1, -0.05) is 6.92 Å². The summed E-state index contributed by atoms with van der Waals surface area (Å²) in [5.41, 5.74) is 0. The molecule has 0 radical (unpaired) electrons. The zero-order valence-electron chi connectivity index (χ0n) is 8.10. The van der Waals surface area contributed by atoms with Crippen LogP contribution in [0.4, 0.5) is 0 Å². The second-order valence-corrected chi connectivity index (χ2v) is 3.70. The molecule has 0 saturated carbocycles. The van der Waals surface area contributed by atoms with Gasteiger partial charge in [0.25, 0.3) is 0 Å². The number of aliphatic hydroxyl groups excluding tert-OH is 1. The molecule has 0 spiro atoms. The molecule has 1 saturated heterocycles. The molecule has 4 nitrogen and oxygen atoms in total. The molecular weight excluding hydrogens is 170 g/mol. The van der Waals surface area contributed by atoms with Crippen molar-refractivity contribution in [2.24, 2.45) is 0 Å². The van der Waals surface area contributed by atoms with Gasteiger partial charge in [0.15, 0.2) is 0 Å². The van der Waals surface area contributed by atoms with E-state index in [9.17, 15) is 9.90 Å². The number of carbonyl (C=O) groups is 1. The summed E-state index contributed by atoms with van der Waals surface area (Å²) in [6.45, 7) is 4.51. The van der Waals surface area contributed by atoms with Gasteiger partial charge in [-0.2, -0.15) is 0 Å². The van der Waals surface area contributed by atoms with Crippen molar-refractivity contribution in [2.45, 2.75) is 44.9 Å². The van der Waals surface area contributed by atoms with Gasteiger partial charge in [0.05, 0.1) is 6.10 Å². The third-order valence-electron chi connectivity index (χ3n) is 2.76. The first-order chi connectivity index (χ1) is 6.06. The van der Waals surface area contributed by atoms with Crippen LogP contribution in [0.1, 0.15) is 26.7 Å². The van der Waals surface area contributed by atoms with Crippen molar-refractivity contribution in [3.8, 4) is 0 Å². The van der Waals surface area contributed by atoms with Crippen LogP contribution in [0.15, 0.2) is 0 Å². The molecule has 1 aliphatic rings. The molecule has 1 heterocycles. The Labute approximate surface area is 78.2 Å². The highest BCUT2D eigenvalue weighted by molar-refractivity contribution is 5.74. The van der Waals surface area contributed by atoms with E-state index in [0.29, 0.717) is 13.0 Å². The summed E-state index contributed by atoms with van der Waals surface area (Å²) in [5.74, 6) is -0.822. The Kier molecular flexibility index (Phi) is 3.27. The largest absolute Gasteiger partial charge is 0.480 e. The highest BCUT2D eigenvalue weighted by atomic mass is 16.4. The minimum Gasteiger partial charge on any atom is -0.480 e. The Balaban J connectivity index is 2.65. The van der Waals surface area contributed by atoms with Gasteiger partial charge in [-0.3, -0.25) is 9.69 Å². The Morgan fingerprint density at radius 1 is 1.69 bits per heavy atom. The predicted molar refractivity (Wildman–Crippen MR) is 48.5 cm³/mol. The van der Waals surface area contributed by atoms with Gasteiger partial charge in [-0.25, -0.2) is 0 Å². The molecule has 1 fully saturated rings. The van der Waals surface area contributed by atoms with E-state index in [1.54, 1.807) is 0 Å². The van der Waals surface area contributed by atoms with E-state index in [1.165, 1.54) is 0 Å². The molecule has 0 aliphatic carbocycles. The van der Waals surface area contributed by atoms with Gasteiger partial charge in [-0.05, 0) is 13.3 Å². The van der Waals surface area contributed by atoms with Crippen molar-refractivity contribution in [3.05, 3.63) is 0 Å². The van der Waals surface area contributed by atoms with E-state index in [2.05, 4.69) is 0 Å². The van der Waals surface area contributed by atoms with Crippen LogP contribution in [0, 0.1) is 0 Å². The molecular formula is C9H17NO3. The molecule has 4 heteroatoms. The Bertz CT molecular complexity index is 195. The number of carboxylic acids is 1. The minimum absolute atomic E-state index is 0.234.